The largest absolute Gasteiger partial charge is 0.349 e. The first-order chi connectivity index (χ1) is 9.04. The average Bonchev–Trinajstić information content (AvgIpc) is 2.83. The summed E-state index contributed by atoms with van der Waals surface area (Å²) in [6, 6.07) is 1.21. The van der Waals surface area contributed by atoms with Crippen molar-refractivity contribution in [3.8, 4) is 0 Å². The highest BCUT2D eigenvalue weighted by Crippen LogP contribution is 2.44. The zero-order valence-corrected chi connectivity index (χ0v) is 11.7. The lowest BCUT2D eigenvalue weighted by Crippen LogP contribution is -2.30. The van der Waals surface area contributed by atoms with Gasteiger partial charge in [-0.2, -0.15) is 0 Å². The molecule has 0 aromatic heterocycles. The minimum absolute atomic E-state index is 0.125. The van der Waals surface area contributed by atoms with E-state index in [0.29, 0.717) is 18.6 Å². The molecular weight excluding hydrogens is 290 g/mol. The summed E-state index contributed by atoms with van der Waals surface area (Å²) >= 11 is 0. The van der Waals surface area contributed by atoms with Crippen LogP contribution in [0.4, 0.5) is 8.78 Å². The highest BCUT2D eigenvalue weighted by Gasteiger charge is 2.47. The molecule has 0 saturated heterocycles. The summed E-state index contributed by atoms with van der Waals surface area (Å²) in [6.07, 6.45) is 0.691. The molecule has 1 aromatic carbocycles. The molecule has 2 rings (SSSR count). The molecular formula is C12H14F2N2O3S. The first kappa shape index (κ1) is 14.9. The van der Waals surface area contributed by atoms with Gasteiger partial charge in [-0.15, -0.1) is 0 Å². The number of primary sulfonamides is 1. The fraction of sp³-hybridized carbons (Fsp3) is 0.417. The molecule has 1 amide bonds. The van der Waals surface area contributed by atoms with Gasteiger partial charge in [-0.3, -0.25) is 4.79 Å². The quantitative estimate of drug-likeness (QED) is 0.877. The number of hydrogen-bond donors (Lipinski definition) is 2. The molecule has 20 heavy (non-hydrogen) atoms. The monoisotopic (exact) mass is 304 g/mol. The number of nitrogens with two attached hydrogens (primary N) is 1. The molecule has 3 N–H and O–H groups in total. The molecule has 1 aromatic rings. The fourth-order valence-corrected chi connectivity index (χ4v) is 2.51. The first-order valence-corrected chi connectivity index (χ1v) is 7.40. The van der Waals surface area contributed by atoms with Gasteiger partial charge in [0.1, 0.15) is 16.3 Å². The molecule has 0 radical (unpaired) electrons. The molecule has 1 fully saturated rings. The number of halogens is 2. The van der Waals surface area contributed by atoms with Gasteiger partial charge in [0.2, 0.25) is 10.0 Å². The maximum atomic E-state index is 14.0. The van der Waals surface area contributed by atoms with Crippen molar-refractivity contribution in [3.63, 3.8) is 0 Å². The standard InChI is InChI=1S/C12H14F2N2O3S/c1-12(2)5-8(12)16-11(17)9-6(13)3-4-7(10(9)14)20(15,18)19/h3-4,8H,5H2,1-2H3,(H,16,17)(H2,15,18,19). The van der Waals surface area contributed by atoms with Gasteiger partial charge in [0.05, 0.1) is 0 Å². The summed E-state index contributed by atoms with van der Waals surface area (Å²) in [4.78, 5) is 11.0. The van der Waals surface area contributed by atoms with Crippen LogP contribution in [-0.4, -0.2) is 20.4 Å². The van der Waals surface area contributed by atoms with Gasteiger partial charge in [0, 0.05) is 6.04 Å². The van der Waals surface area contributed by atoms with Gasteiger partial charge in [-0.1, -0.05) is 13.8 Å². The average molecular weight is 304 g/mol. The van der Waals surface area contributed by atoms with Crippen LogP contribution in [0, 0.1) is 17.0 Å². The number of benzene rings is 1. The van der Waals surface area contributed by atoms with E-state index in [9.17, 15) is 22.0 Å². The Balaban J connectivity index is 2.39. The highest BCUT2D eigenvalue weighted by atomic mass is 32.2. The number of amides is 1. The predicted octanol–water partition coefficient (Wildman–Crippen LogP) is 1.14. The van der Waals surface area contributed by atoms with Crippen molar-refractivity contribution in [2.75, 3.05) is 0 Å². The van der Waals surface area contributed by atoms with E-state index >= 15 is 0 Å². The Hall–Kier alpha value is -1.54. The number of nitrogens with one attached hydrogen (secondary N) is 1. The van der Waals surface area contributed by atoms with E-state index in [-0.39, 0.29) is 11.5 Å². The number of carbonyl (C=O) groups is 1. The summed E-state index contributed by atoms with van der Waals surface area (Å²) in [6.45, 7) is 3.79. The fourth-order valence-electron chi connectivity index (χ4n) is 1.91. The Morgan fingerprint density at radius 3 is 2.40 bits per heavy atom. The lowest BCUT2D eigenvalue weighted by atomic mass is 10.1. The summed E-state index contributed by atoms with van der Waals surface area (Å²) in [7, 11) is -4.36. The summed E-state index contributed by atoms with van der Waals surface area (Å²) in [5, 5.41) is 7.28. The first-order valence-electron chi connectivity index (χ1n) is 5.86. The maximum absolute atomic E-state index is 14.0. The van der Waals surface area contributed by atoms with E-state index < -0.39 is 38.0 Å². The Labute approximate surface area is 115 Å². The van der Waals surface area contributed by atoms with Crippen molar-refractivity contribution in [1.29, 1.82) is 0 Å². The van der Waals surface area contributed by atoms with Crippen molar-refractivity contribution in [3.05, 3.63) is 29.3 Å². The van der Waals surface area contributed by atoms with Gasteiger partial charge in [-0.05, 0) is 24.0 Å². The minimum atomic E-state index is -4.36. The van der Waals surface area contributed by atoms with Crippen LogP contribution in [0.3, 0.4) is 0 Å². The molecule has 1 aliphatic rings. The van der Waals surface area contributed by atoms with Crippen LogP contribution in [0.1, 0.15) is 30.6 Å². The molecule has 0 bridgehead atoms. The molecule has 110 valence electrons. The van der Waals surface area contributed by atoms with E-state index in [1.807, 2.05) is 13.8 Å². The molecule has 1 saturated carbocycles. The van der Waals surface area contributed by atoms with Crippen LogP contribution < -0.4 is 10.5 Å². The summed E-state index contributed by atoms with van der Waals surface area (Å²) in [5.74, 6) is -3.59. The van der Waals surface area contributed by atoms with Crippen molar-refractivity contribution in [2.24, 2.45) is 10.6 Å². The van der Waals surface area contributed by atoms with E-state index in [1.54, 1.807) is 0 Å². The molecule has 1 aliphatic carbocycles. The summed E-state index contributed by atoms with van der Waals surface area (Å²) in [5.41, 5.74) is -1.06. The third-order valence-corrected chi connectivity index (χ3v) is 4.34. The molecule has 0 aliphatic heterocycles. The van der Waals surface area contributed by atoms with Crippen LogP contribution in [-0.2, 0) is 10.0 Å². The Morgan fingerprint density at radius 2 is 1.95 bits per heavy atom. The third kappa shape index (κ3) is 2.66. The smallest absolute Gasteiger partial charge is 0.257 e. The van der Waals surface area contributed by atoms with E-state index in [0.717, 1.165) is 0 Å². The topological polar surface area (TPSA) is 89.3 Å². The second-order valence-electron chi connectivity index (χ2n) is 5.50. The lowest BCUT2D eigenvalue weighted by Gasteiger charge is -2.10. The zero-order chi connectivity index (χ0) is 15.3. The number of sulfonamides is 1. The lowest BCUT2D eigenvalue weighted by molar-refractivity contribution is 0.0937. The van der Waals surface area contributed by atoms with Crippen molar-refractivity contribution < 1.29 is 22.0 Å². The second-order valence-corrected chi connectivity index (χ2v) is 7.03. The molecule has 5 nitrogen and oxygen atoms in total. The van der Waals surface area contributed by atoms with Crippen LogP contribution in [0.2, 0.25) is 0 Å². The normalized spacial score (nSPS) is 20.6. The Morgan fingerprint density at radius 1 is 1.40 bits per heavy atom. The number of rotatable bonds is 3. The van der Waals surface area contributed by atoms with Gasteiger partial charge in [-0.25, -0.2) is 22.3 Å². The van der Waals surface area contributed by atoms with E-state index in [1.165, 1.54) is 0 Å². The minimum Gasteiger partial charge on any atom is -0.349 e. The van der Waals surface area contributed by atoms with Gasteiger partial charge in [0.25, 0.3) is 5.91 Å². The van der Waals surface area contributed by atoms with E-state index in [4.69, 9.17) is 5.14 Å². The molecule has 8 heteroatoms. The van der Waals surface area contributed by atoms with E-state index in [2.05, 4.69) is 5.32 Å². The van der Waals surface area contributed by atoms with Crippen LogP contribution in [0.15, 0.2) is 17.0 Å². The third-order valence-electron chi connectivity index (χ3n) is 3.41. The maximum Gasteiger partial charge on any atom is 0.257 e. The zero-order valence-electron chi connectivity index (χ0n) is 10.9. The van der Waals surface area contributed by atoms with Crippen molar-refractivity contribution in [2.45, 2.75) is 31.2 Å². The Bertz CT molecular complexity index is 686. The molecule has 1 atom stereocenters. The van der Waals surface area contributed by atoms with Crippen LogP contribution >= 0.6 is 0 Å². The SMILES string of the molecule is CC1(C)CC1NC(=O)c1c(F)ccc(S(N)(=O)=O)c1F. The second kappa shape index (κ2) is 4.49. The van der Waals surface area contributed by atoms with Gasteiger partial charge < -0.3 is 5.32 Å². The van der Waals surface area contributed by atoms with Gasteiger partial charge in [0.15, 0.2) is 5.82 Å². The number of hydrogen-bond acceptors (Lipinski definition) is 3. The Kier molecular flexibility index (Phi) is 3.34. The van der Waals surface area contributed by atoms with Crippen molar-refractivity contribution in [1.82, 2.24) is 5.32 Å². The molecule has 1 unspecified atom stereocenters. The molecule has 0 spiro atoms. The molecule has 0 heterocycles. The van der Waals surface area contributed by atoms with Crippen LogP contribution in [0.25, 0.3) is 0 Å². The number of carbonyl (C=O) groups excluding carboxylic acids is 1. The van der Waals surface area contributed by atoms with Crippen molar-refractivity contribution >= 4 is 15.9 Å². The van der Waals surface area contributed by atoms with Crippen LogP contribution in [0.5, 0.6) is 0 Å². The van der Waals surface area contributed by atoms with Gasteiger partial charge >= 0.3 is 0 Å². The predicted molar refractivity (Wildman–Crippen MR) is 67.4 cm³/mol. The summed E-state index contributed by atoms with van der Waals surface area (Å²) < 4.78 is 49.9. The highest BCUT2D eigenvalue weighted by molar-refractivity contribution is 7.89.